The SMILES string of the molecule is CCCCOC(=O)[C@H](Cc1ccccc1)NP(=O)(COCCn1cnc2c(NC3CC3)nc(N)nc21)Oc1ccccc1. The maximum absolute atomic E-state index is 14.3. The van der Waals surface area contributed by atoms with Crippen LogP contribution in [0.2, 0.25) is 0 Å². The van der Waals surface area contributed by atoms with Crippen LogP contribution in [0.5, 0.6) is 5.75 Å². The first-order chi connectivity index (χ1) is 20.9. The van der Waals surface area contributed by atoms with Crippen LogP contribution in [0.25, 0.3) is 11.2 Å². The van der Waals surface area contributed by atoms with Crippen molar-refractivity contribution in [1.82, 2.24) is 24.6 Å². The first-order valence-electron chi connectivity index (χ1n) is 14.6. The first kappa shape index (κ1) is 30.5. The molecule has 1 saturated carbocycles. The summed E-state index contributed by atoms with van der Waals surface area (Å²) in [5.41, 5.74) is 8.07. The lowest BCUT2D eigenvalue weighted by atomic mass is 10.1. The molecule has 0 amide bonds. The molecule has 2 aromatic carbocycles. The summed E-state index contributed by atoms with van der Waals surface area (Å²) in [6.45, 7) is 2.85. The third-order valence-electron chi connectivity index (χ3n) is 6.80. The number of benzene rings is 2. The number of carbonyl (C=O) groups is 1. The van der Waals surface area contributed by atoms with Gasteiger partial charge in [-0.1, -0.05) is 61.9 Å². The van der Waals surface area contributed by atoms with Gasteiger partial charge in [0.1, 0.15) is 18.1 Å². The van der Waals surface area contributed by atoms with E-state index in [1.54, 1.807) is 30.6 Å². The zero-order valence-corrected chi connectivity index (χ0v) is 25.1. The van der Waals surface area contributed by atoms with E-state index in [0.717, 1.165) is 31.2 Å². The van der Waals surface area contributed by atoms with E-state index >= 15 is 0 Å². The Morgan fingerprint density at radius 2 is 1.84 bits per heavy atom. The number of anilines is 2. The zero-order chi connectivity index (χ0) is 30.1. The van der Waals surface area contributed by atoms with Gasteiger partial charge in [-0.2, -0.15) is 9.97 Å². The number of carbonyl (C=O) groups excluding carboxylic acids is 1. The van der Waals surface area contributed by atoms with Crippen molar-refractivity contribution in [3.8, 4) is 5.75 Å². The van der Waals surface area contributed by atoms with Gasteiger partial charge in [-0.05, 0) is 43.4 Å². The third kappa shape index (κ3) is 8.76. The molecular weight excluding hydrogens is 569 g/mol. The summed E-state index contributed by atoms with van der Waals surface area (Å²) in [5.74, 6) is 0.665. The molecule has 0 spiro atoms. The van der Waals surface area contributed by atoms with Gasteiger partial charge in [0.05, 0.1) is 19.5 Å². The molecule has 4 aromatic rings. The number of nitrogens with two attached hydrogens (primary N) is 1. The molecule has 5 rings (SSSR count). The molecule has 228 valence electrons. The zero-order valence-electron chi connectivity index (χ0n) is 24.2. The summed E-state index contributed by atoms with van der Waals surface area (Å²) in [7, 11) is -3.76. The fourth-order valence-corrected chi connectivity index (χ4v) is 6.11. The summed E-state index contributed by atoms with van der Waals surface area (Å²) < 4.78 is 33.5. The van der Waals surface area contributed by atoms with E-state index in [2.05, 4.69) is 25.4 Å². The Kier molecular flexibility index (Phi) is 10.2. The van der Waals surface area contributed by atoms with Crippen LogP contribution in [-0.2, 0) is 31.8 Å². The van der Waals surface area contributed by atoms with E-state index in [9.17, 15) is 9.36 Å². The van der Waals surface area contributed by atoms with Crippen LogP contribution in [-0.4, -0.2) is 57.1 Å². The molecule has 1 aliphatic carbocycles. The average Bonchev–Trinajstić information content (AvgIpc) is 3.73. The quantitative estimate of drug-likeness (QED) is 0.0863. The van der Waals surface area contributed by atoms with Crippen molar-refractivity contribution in [3.05, 3.63) is 72.6 Å². The number of hydrogen-bond donors (Lipinski definition) is 3. The molecule has 0 bridgehead atoms. The smallest absolute Gasteiger partial charge is 0.342 e. The van der Waals surface area contributed by atoms with Crippen molar-refractivity contribution >= 4 is 36.4 Å². The Balaban J connectivity index is 1.29. The van der Waals surface area contributed by atoms with E-state index in [-0.39, 0.29) is 31.9 Å². The number of ether oxygens (including phenoxy) is 2. The molecule has 13 heteroatoms. The Morgan fingerprint density at radius 1 is 1.09 bits per heavy atom. The van der Waals surface area contributed by atoms with E-state index < -0.39 is 19.5 Å². The first-order valence-corrected chi connectivity index (χ1v) is 16.4. The van der Waals surface area contributed by atoms with Crippen LogP contribution in [0, 0.1) is 0 Å². The highest BCUT2D eigenvalue weighted by Crippen LogP contribution is 2.44. The minimum atomic E-state index is -3.76. The summed E-state index contributed by atoms with van der Waals surface area (Å²) in [6.07, 6.45) is 5.44. The number of esters is 1. The second kappa shape index (κ2) is 14.5. The lowest BCUT2D eigenvalue weighted by Crippen LogP contribution is -2.40. The van der Waals surface area contributed by atoms with E-state index in [1.165, 1.54) is 0 Å². The third-order valence-corrected chi connectivity index (χ3v) is 8.53. The van der Waals surface area contributed by atoms with Crippen molar-refractivity contribution in [3.63, 3.8) is 0 Å². The van der Waals surface area contributed by atoms with Crippen LogP contribution in [0.4, 0.5) is 11.8 Å². The Bertz CT molecular complexity index is 1530. The van der Waals surface area contributed by atoms with Gasteiger partial charge in [0.25, 0.3) is 0 Å². The minimum Gasteiger partial charge on any atom is -0.465 e. The van der Waals surface area contributed by atoms with Crippen molar-refractivity contribution in [2.45, 2.75) is 57.7 Å². The number of fused-ring (bicyclic) bond motifs is 1. The van der Waals surface area contributed by atoms with Gasteiger partial charge in [0.2, 0.25) is 5.95 Å². The van der Waals surface area contributed by atoms with Crippen molar-refractivity contribution < 1.29 is 23.4 Å². The van der Waals surface area contributed by atoms with Crippen LogP contribution in [0.3, 0.4) is 0 Å². The molecule has 4 N–H and O–H groups in total. The number of aromatic nitrogens is 4. The Morgan fingerprint density at radius 3 is 2.56 bits per heavy atom. The summed E-state index contributed by atoms with van der Waals surface area (Å²) in [5, 5.41) is 6.33. The average molecular weight is 608 g/mol. The molecule has 2 heterocycles. The second-order valence-electron chi connectivity index (χ2n) is 10.5. The highest BCUT2D eigenvalue weighted by molar-refractivity contribution is 7.57. The number of nitrogen functional groups attached to an aromatic ring is 1. The molecule has 43 heavy (non-hydrogen) atoms. The highest BCUT2D eigenvalue weighted by Gasteiger charge is 2.33. The summed E-state index contributed by atoms with van der Waals surface area (Å²) in [6, 6.07) is 17.8. The minimum absolute atomic E-state index is 0.151. The number of para-hydroxylation sites is 1. The molecule has 2 atom stereocenters. The Hall–Kier alpha value is -3.99. The van der Waals surface area contributed by atoms with Crippen LogP contribution in [0.15, 0.2) is 67.0 Å². The lowest BCUT2D eigenvalue weighted by Gasteiger charge is -2.25. The number of imidazole rings is 1. The number of unbranched alkanes of at least 4 members (excludes halogenated alkanes) is 1. The van der Waals surface area contributed by atoms with Crippen molar-refractivity contribution in [1.29, 1.82) is 0 Å². The van der Waals surface area contributed by atoms with Gasteiger partial charge < -0.3 is 29.6 Å². The highest BCUT2D eigenvalue weighted by atomic mass is 31.2. The topological polar surface area (TPSA) is 156 Å². The lowest BCUT2D eigenvalue weighted by molar-refractivity contribution is -0.145. The normalized spacial score (nSPS) is 15.1. The molecule has 12 nitrogen and oxygen atoms in total. The van der Waals surface area contributed by atoms with Crippen molar-refractivity contribution in [2.24, 2.45) is 0 Å². The number of nitrogens with one attached hydrogen (secondary N) is 2. The number of rotatable bonds is 17. The molecule has 0 saturated heterocycles. The summed E-state index contributed by atoms with van der Waals surface area (Å²) >= 11 is 0. The largest absolute Gasteiger partial charge is 0.465 e. The van der Waals surface area contributed by atoms with Gasteiger partial charge in [-0.25, -0.2) is 10.1 Å². The molecule has 1 unspecified atom stereocenters. The second-order valence-corrected chi connectivity index (χ2v) is 12.5. The number of hydrogen-bond acceptors (Lipinski definition) is 10. The van der Waals surface area contributed by atoms with Crippen LogP contribution < -0.4 is 20.7 Å². The van der Waals surface area contributed by atoms with Crippen LogP contribution >= 0.6 is 7.52 Å². The van der Waals surface area contributed by atoms with Gasteiger partial charge >= 0.3 is 13.5 Å². The molecule has 2 aromatic heterocycles. The van der Waals surface area contributed by atoms with E-state index in [4.69, 9.17) is 19.7 Å². The molecule has 0 aliphatic heterocycles. The molecule has 1 aliphatic rings. The Labute approximate surface area is 250 Å². The standard InChI is InChI=1S/C30H38N7O5P/c1-2-3-17-41-29(38)25(19-22-10-6-4-7-11-22)36-43(39,42-24-12-8-5-9-13-24)21-40-18-16-37-20-32-26-27(33-23-14-15-23)34-30(31)35-28(26)37/h4-13,20,23,25H,2-3,14-19,21H2,1H3,(H,36,39)(H3,31,33,34,35)/t25-,43?/m0/s1. The maximum Gasteiger partial charge on any atom is 0.342 e. The predicted molar refractivity (Wildman–Crippen MR) is 165 cm³/mol. The number of nitrogens with zero attached hydrogens (tertiary/aromatic N) is 4. The molecule has 0 radical (unpaired) electrons. The van der Waals surface area contributed by atoms with Gasteiger partial charge in [0.15, 0.2) is 17.0 Å². The maximum atomic E-state index is 14.3. The van der Waals surface area contributed by atoms with Gasteiger partial charge in [0, 0.05) is 12.6 Å². The van der Waals surface area contributed by atoms with Gasteiger partial charge in [-0.15, -0.1) is 0 Å². The van der Waals surface area contributed by atoms with E-state index in [0.29, 0.717) is 35.3 Å². The van der Waals surface area contributed by atoms with Crippen molar-refractivity contribution in [2.75, 3.05) is 30.6 Å². The van der Waals surface area contributed by atoms with E-state index in [1.807, 2.05) is 47.9 Å². The molecule has 1 fully saturated rings. The summed E-state index contributed by atoms with van der Waals surface area (Å²) in [4.78, 5) is 26.3. The fraction of sp³-hybridized carbons (Fsp3) is 0.400. The monoisotopic (exact) mass is 607 g/mol. The van der Waals surface area contributed by atoms with Crippen LogP contribution in [0.1, 0.15) is 38.2 Å². The molecular formula is C30H38N7O5P. The predicted octanol–water partition coefficient (Wildman–Crippen LogP) is 4.77. The fourth-order valence-electron chi connectivity index (χ4n) is 4.42. The van der Waals surface area contributed by atoms with Gasteiger partial charge in [-0.3, -0.25) is 9.36 Å².